The Morgan fingerprint density at radius 3 is 2.02 bits per heavy atom. The molecule has 0 bridgehead atoms. The molecule has 2 atom stereocenters. The molecule has 0 aliphatic carbocycles. The second-order valence-electron chi connectivity index (χ2n) is 13.1. The van der Waals surface area contributed by atoms with Gasteiger partial charge >= 0.3 is 0 Å². The van der Waals surface area contributed by atoms with Crippen molar-refractivity contribution in [2.24, 2.45) is 7.05 Å². The third-order valence-corrected chi connectivity index (χ3v) is 10.5. The van der Waals surface area contributed by atoms with Gasteiger partial charge < -0.3 is 30.6 Å². The van der Waals surface area contributed by atoms with Gasteiger partial charge in [0, 0.05) is 103 Å². The Labute approximate surface area is 301 Å². The maximum Gasteiger partial charge on any atom is 0.220 e. The van der Waals surface area contributed by atoms with Gasteiger partial charge in [0.1, 0.15) is 0 Å². The van der Waals surface area contributed by atoms with Gasteiger partial charge in [0.2, 0.25) is 17.7 Å². The van der Waals surface area contributed by atoms with Crippen LogP contribution in [0.4, 0.5) is 0 Å². The molecule has 0 spiro atoms. The minimum absolute atomic E-state index is 0.105. The number of benzene rings is 3. The Bertz CT molecular complexity index is 2080. The van der Waals surface area contributed by atoms with E-state index < -0.39 is 0 Å². The minimum atomic E-state index is 0.105. The van der Waals surface area contributed by atoms with Crippen molar-refractivity contribution in [3.8, 4) is 39.4 Å². The average Bonchev–Trinajstić information content (AvgIpc) is 3.83. The Kier molecular flexibility index (Phi) is 10.1. The first-order chi connectivity index (χ1) is 24.3. The number of carbonyl (C=O) groups is 2. The highest BCUT2D eigenvalue weighted by molar-refractivity contribution is 6.39. The van der Waals surface area contributed by atoms with Crippen LogP contribution in [0, 0.1) is 0 Å². The average molecular weight is 712 g/mol. The summed E-state index contributed by atoms with van der Waals surface area (Å²) < 4.78 is 7.81. The number of hydrogen-bond acceptors (Lipinski definition) is 6. The molecule has 7 rings (SSSR count). The van der Waals surface area contributed by atoms with Crippen LogP contribution in [0.15, 0.2) is 72.9 Å². The molecule has 4 heterocycles. The van der Waals surface area contributed by atoms with Gasteiger partial charge in [0.25, 0.3) is 0 Å². The topological polar surface area (TPSA) is 109 Å². The fraction of sp³-hybridized carbons (Fsp3) is 0.308. The number of amides is 2. The van der Waals surface area contributed by atoms with E-state index in [1.807, 2.05) is 48.5 Å². The first-order valence-corrected chi connectivity index (χ1v) is 17.7. The molecule has 50 heavy (non-hydrogen) atoms. The number of fused-ring (bicyclic) bond motifs is 1. The molecule has 9 nitrogen and oxygen atoms in total. The number of ether oxygens (including phenoxy) is 1. The predicted molar refractivity (Wildman–Crippen MR) is 199 cm³/mol. The monoisotopic (exact) mass is 710 g/mol. The van der Waals surface area contributed by atoms with Gasteiger partial charge in [-0.05, 0) is 36.1 Å². The summed E-state index contributed by atoms with van der Waals surface area (Å²) in [6.45, 7) is 2.72. The standard InChI is InChI=1S/C39H40Cl2N6O3/c1-47-22-25(19-43-21-27-12-16-36(49)45-27)28-13-9-23(17-34(28)47)29-5-3-6-30(37(29)40)31-7-4-8-32(38(31)41)33-14-10-24(39(46-33)50-2)18-42-20-26-11-15-35(48)44-26/h3-10,13-14,17,22,26-27,42-43H,11-12,15-16,18-21H2,1-2H3,(H,44,48)(H,45,49). The molecule has 2 aromatic heterocycles. The van der Waals surface area contributed by atoms with Crippen LogP contribution in [0.25, 0.3) is 44.4 Å². The zero-order valence-corrected chi connectivity index (χ0v) is 29.6. The first kappa shape index (κ1) is 34.1. The maximum atomic E-state index is 11.6. The Balaban J connectivity index is 1.11. The van der Waals surface area contributed by atoms with E-state index in [1.54, 1.807) is 7.11 Å². The van der Waals surface area contributed by atoms with Crippen LogP contribution in [0.1, 0.15) is 36.8 Å². The van der Waals surface area contributed by atoms with Crippen LogP contribution in [0.2, 0.25) is 10.0 Å². The van der Waals surface area contributed by atoms with E-state index in [1.165, 1.54) is 10.9 Å². The van der Waals surface area contributed by atoms with Crippen molar-refractivity contribution in [3.05, 3.63) is 94.1 Å². The second kappa shape index (κ2) is 14.8. The number of hydrogen-bond donors (Lipinski definition) is 4. The largest absolute Gasteiger partial charge is 0.481 e. The summed E-state index contributed by atoms with van der Waals surface area (Å²) in [4.78, 5) is 27.9. The van der Waals surface area contributed by atoms with Gasteiger partial charge in [0.15, 0.2) is 0 Å². The Hall–Kier alpha value is -4.41. The van der Waals surface area contributed by atoms with Crippen molar-refractivity contribution >= 4 is 45.9 Å². The molecule has 4 N–H and O–H groups in total. The molecule has 2 unspecified atom stereocenters. The summed E-state index contributed by atoms with van der Waals surface area (Å²) >= 11 is 14.3. The molecule has 5 aromatic rings. The fourth-order valence-corrected chi connectivity index (χ4v) is 7.69. The number of aryl methyl sites for hydroxylation is 1. The quantitative estimate of drug-likeness (QED) is 0.116. The lowest BCUT2D eigenvalue weighted by atomic mass is 9.96. The van der Waals surface area contributed by atoms with Crippen LogP contribution in [-0.4, -0.2) is 53.6 Å². The van der Waals surface area contributed by atoms with E-state index >= 15 is 0 Å². The molecular formula is C39H40Cl2N6O3. The molecule has 2 fully saturated rings. The Morgan fingerprint density at radius 2 is 1.40 bits per heavy atom. The van der Waals surface area contributed by atoms with Crippen LogP contribution in [-0.2, 0) is 29.7 Å². The van der Waals surface area contributed by atoms with Crippen molar-refractivity contribution in [3.63, 3.8) is 0 Å². The van der Waals surface area contributed by atoms with Crippen LogP contribution >= 0.6 is 23.2 Å². The number of carbonyl (C=O) groups excluding carboxylic acids is 2. The zero-order chi connectivity index (χ0) is 34.8. The summed E-state index contributed by atoms with van der Waals surface area (Å²) in [6, 6.07) is 22.6. The summed E-state index contributed by atoms with van der Waals surface area (Å²) in [5, 5.41) is 15.3. The molecule has 0 radical (unpaired) electrons. The third kappa shape index (κ3) is 7.09. The normalized spacial score (nSPS) is 17.4. The van der Waals surface area contributed by atoms with Crippen molar-refractivity contribution < 1.29 is 14.3 Å². The highest BCUT2D eigenvalue weighted by Crippen LogP contribution is 2.43. The highest BCUT2D eigenvalue weighted by atomic mass is 35.5. The Morgan fingerprint density at radius 1 is 0.800 bits per heavy atom. The number of nitrogens with zero attached hydrogens (tertiary/aromatic N) is 2. The summed E-state index contributed by atoms with van der Waals surface area (Å²) in [5.74, 6) is 0.755. The molecule has 2 aliphatic rings. The van der Waals surface area contributed by atoms with Gasteiger partial charge in [-0.1, -0.05) is 77.8 Å². The number of methoxy groups -OCH3 is 1. The van der Waals surface area contributed by atoms with E-state index in [2.05, 4.69) is 57.3 Å². The van der Waals surface area contributed by atoms with Crippen molar-refractivity contribution in [2.75, 3.05) is 20.2 Å². The van der Waals surface area contributed by atoms with Crippen LogP contribution < -0.4 is 26.0 Å². The molecule has 2 aliphatic heterocycles. The molecular weight excluding hydrogens is 671 g/mol. The number of nitrogens with one attached hydrogen (secondary N) is 4. The van der Waals surface area contributed by atoms with Crippen molar-refractivity contribution in [1.82, 2.24) is 30.8 Å². The SMILES string of the molecule is COc1nc(-c2cccc(-c3cccc(-c4ccc5c(CNCC6CCC(=O)N6)cn(C)c5c4)c3Cl)c2Cl)ccc1CNCC1CCC(=O)N1. The lowest BCUT2D eigenvalue weighted by Gasteiger charge is -2.16. The minimum Gasteiger partial charge on any atom is -0.481 e. The van der Waals surface area contributed by atoms with E-state index in [0.29, 0.717) is 47.6 Å². The van der Waals surface area contributed by atoms with Crippen molar-refractivity contribution in [2.45, 2.75) is 50.9 Å². The fourth-order valence-electron chi connectivity index (χ4n) is 7.03. The zero-order valence-electron chi connectivity index (χ0n) is 28.1. The first-order valence-electron chi connectivity index (χ1n) is 17.0. The number of aromatic nitrogens is 2. The van der Waals surface area contributed by atoms with Crippen LogP contribution in [0.3, 0.4) is 0 Å². The molecule has 3 aromatic carbocycles. The smallest absolute Gasteiger partial charge is 0.220 e. The van der Waals surface area contributed by atoms with E-state index in [4.69, 9.17) is 32.9 Å². The lowest BCUT2D eigenvalue weighted by molar-refractivity contribution is -0.120. The summed E-state index contributed by atoms with van der Waals surface area (Å²) in [5.41, 5.74) is 8.28. The summed E-state index contributed by atoms with van der Waals surface area (Å²) in [7, 11) is 3.67. The molecule has 0 saturated carbocycles. The van der Waals surface area contributed by atoms with Gasteiger partial charge in [-0.2, -0.15) is 0 Å². The molecule has 258 valence electrons. The maximum absolute atomic E-state index is 11.6. The number of rotatable bonds is 12. The van der Waals surface area contributed by atoms with Gasteiger partial charge in [-0.3, -0.25) is 9.59 Å². The summed E-state index contributed by atoms with van der Waals surface area (Å²) in [6.07, 6.45) is 5.06. The predicted octanol–water partition coefficient (Wildman–Crippen LogP) is 6.63. The van der Waals surface area contributed by atoms with Gasteiger partial charge in [-0.15, -0.1) is 0 Å². The second-order valence-corrected chi connectivity index (χ2v) is 13.8. The van der Waals surface area contributed by atoms with Crippen LogP contribution in [0.5, 0.6) is 5.88 Å². The highest BCUT2D eigenvalue weighted by Gasteiger charge is 2.22. The molecule has 2 amide bonds. The molecule has 11 heteroatoms. The number of halogens is 2. The van der Waals surface area contributed by atoms with E-state index in [9.17, 15) is 9.59 Å². The lowest BCUT2D eigenvalue weighted by Crippen LogP contribution is -2.35. The van der Waals surface area contributed by atoms with Gasteiger partial charge in [0.05, 0.1) is 22.8 Å². The van der Waals surface area contributed by atoms with Gasteiger partial charge in [-0.25, -0.2) is 4.98 Å². The van der Waals surface area contributed by atoms with E-state index in [-0.39, 0.29) is 23.9 Å². The number of pyridine rings is 1. The third-order valence-electron chi connectivity index (χ3n) is 9.66. The van der Waals surface area contributed by atoms with E-state index in [0.717, 1.165) is 64.8 Å². The van der Waals surface area contributed by atoms with Crippen molar-refractivity contribution in [1.29, 1.82) is 0 Å². The molecule has 2 saturated heterocycles.